The number of urea groups is 1. The van der Waals surface area contributed by atoms with Gasteiger partial charge in [0.25, 0.3) is 0 Å². The van der Waals surface area contributed by atoms with Crippen molar-refractivity contribution in [2.75, 3.05) is 25.0 Å². The fourth-order valence-electron chi connectivity index (χ4n) is 4.45. The van der Waals surface area contributed by atoms with Gasteiger partial charge in [0.2, 0.25) is 5.91 Å². The van der Waals surface area contributed by atoms with Gasteiger partial charge in [-0.25, -0.2) is 4.79 Å². The third kappa shape index (κ3) is 3.41. The lowest BCUT2D eigenvalue weighted by atomic mass is 9.73. The minimum atomic E-state index is -0.0878. The summed E-state index contributed by atoms with van der Waals surface area (Å²) in [6, 6.07) is 5.99. The van der Waals surface area contributed by atoms with Crippen molar-refractivity contribution < 1.29 is 9.59 Å². The summed E-state index contributed by atoms with van der Waals surface area (Å²) in [7, 11) is 0. The van der Waals surface area contributed by atoms with Gasteiger partial charge in [-0.2, -0.15) is 0 Å². The van der Waals surface area contributed by atoms with Crippen molar-refractivity contribution >= 4 is 29.2 Å². The lowest BCUT2D eigenvalue weighted by Crippen LogP contribution is -2.56. The fourth-order valence-corrected chi connectivity index (χ4v) is 4.72. The van der Waals surface area contributed by atoms with Crippen molar-refractivity contribution in [3.8, 4) is 0 Å². The van der Waals surface area contributed by atoms with Crippen molar-refractivity contribution in [3.05, 3.63) is 28.8 Å². The van der Waals surface area contributed by atoms with Gasteiger partial charge in [0.05, 0.1) is 10.7 Å². The molecule has 0 aromatic heterocycles. The molecule has 4 rings (SSSR count). The van der Waals surface area contributed by atoms with Gasteiger partial charge in [0.1, 0.15) is 0 Å². The third-order valence-electron chi connectivity index (χ3n) is 6.09. The topological polar surface area (TPSA) is 52.7 Å². The predicted octanol–water partition coefficient (Wildman–Crippen LogP) is 4.05. The van der Waals surface area contributed by atoms with Gasteiger partial charge in [-0.1, -0.05) is 23.7 Å². The number of hydrogen-bond acceptors (Lipinski definition) is 2. The maximum atomic E-state index is 12.9. The molecule has 2 saturated heterocycles. The highest BCUT2D eigenvalue weighted by atomic mass is 35.5. The van der Waals surface area contributed by atoms with Crippen LogP contribution < -0.4 is 5.32 Å². The zero-order chi connectivity index (χ0) is 18.3. The first-order valence-corrected chi connectivity index (χ1v) is 9.96. The largest absolute Gasteiger partial charge is 0.339 e. The summed E-state index contributed by atoms with van der Waals surface area (Å²) >= 11 is 6.25. The molecule has 1 atom stereocenters. The first-order chi connectivity index (χ1) is 12.5. The second-order valence-corrected chi connectivity index (χ2v) is 8.55. The Labute approximate surface area is 159 Å². The van der Waals surface area contributed by atoms with Crippen molar-refractivity contribution in [2.24, 2.45) is 5.41 Å². The Balaban J connectivity index is 1.46. The Morgan fingerprint density at radius 3 is 2.81 bits per heavy atom. The monoisotopic (exact) mass is 375 g/mol. The van der Waals surface area contributed by atoms with E-state index in [1.54, 1.807) is 6.07 Å². The van der Waals surface area contributed by atoms with Gasteiger partial charge in [0.15, 0.2) is 0 Å². The van der Waals surface area contributed by atoms with E-state index >= 15 is 0 Å². The average Bonchev–Trinajstić information content (AvgIpc) is 3.46. The zero-order valence-electron chi connectivity index (χ0n) is 15.3. The summed E-state index contributed by atoms with van der Waals surface area (Å²) in [5.41, 5.74) is 1.71. The lowest BCUT2D eigenvalue weighted by molar-refractivity contribution is -0.139. The number of nitrogens with one attached hydrogen (secondary N) is 1. The predicted molar refractivity (Wildman–Crippen MR) is 102 cm³/mol. The standard InChI is InChI=1S/C20H26ClN3O2/c1-14-4-2-5-16(21)18(14)22-19(26)23-11-3-9-20(12-23)10-8-17(25)24(13-20)15-6-7-15/h2,4-5,15H,3,6-13H2,1H3,(H,22,26)/t20-/m1/s1. The van der Waals surface area contributed by atoms with Gasteiger partial charge in [-0.15, -0.1) is 0 Å². The molecule has 0 unspecified atom stereocenters. The molecule has 2 heterocycles. The number of likely N-dealkylation sites (tertiary alicyclic amines) is 2. The molecule has 26 heavy (non-hydrogen) atoms. The number of anilines is 1. The molecule has 2 aliphatic heterocycles. The molecule has 1 aromatic rings. The summed E-state index contributed by atoms with van der Waals surface area (Å²) in [5.74, 6) is 0.298. The molecule has 3 aliphatic rings. The summed E-state index contributed by atoms with van der Waals surface area (Å²) < 4.78 is 0. The zero-order valence-corrected chi connectivity index (χ0v) is 16.0. The molecule has 5 nitrogen and oxygen atoms in total. The molecule has 1 spiro atoms. The summed E-state index contributed by atoms with van der Waals surface area (Å²) in [5, 5.41) is 3.56. The summed E-state index contributed by atoms with van der Waals surface area (Å²) in [6.45, 7) is 4.23. The van der Waals surface area contributed by atoms with E-state index in [1.807, 2.05) is 24.0 Å². The van der Waals surface area contributed by atoms with Gasteiger partial charge < -0.3 is 15.1 Å². The van der Waals surface area contributed by atoms with Crippen molar-refractivity contribution in [1.29, 1.82) is 0 Å². The van der Waals surface area contributed by atoms with Crippen molar-refractivity contribution in [2.45, 2.75) is 51.5 Å². The molecule has 0 radical (unpaired) electrons. The highest BCUT2D eigenvalue weighted by molar-refractivity contribution is 6.33. The van der Waals surface area contributed by atoms with E-state index < -0.39 is 0 Å². The highest BCUT2D eigenvalue weighted by Gasteiger charge is 2.46. The first kappa shape index (κ1) is 17.7. The lowest BCUT2D eigenvalue weighted by Gasteiger charge is -2.48. The van der Waals surface area contributed by atoms with Crippen molar-refractivity contribution in [3.63, 3.8) is 0 Å². The number of rotatable bonds is 2. The minimum Gasteiger partial charge on any atom is -0.339 e. The Kier molecular flexibility index (Phi) is 4.59. The van der Waals surface area contributed by atoms with Crippen LogP contribution in [-0.4, -0.2) is 47.4 Å². The molecule has 1 N–H and O–H groups in total. The van der Waals surface area contributed by atoms with Gasteiger partial charge in [0, 0.05) is 37.5 Å². The van der Waals surface area contributed by atoms with Crippen LogP contribution in [-0.2, 0) is 4.79 Å². The Bertz CT molecular complexity index is 714. The van der Waals surface area contributed by atoms with Crippen LogP contribution in [0.25, 0.3) is 0 Å². The van der Waals surface area contributed by atoms with Crippen LogP contribution in [0.1, 0.15) is 44.1 Å². The summed E-state index contributed by atoms with van der Waals surface area (Å²) in [6.07, 6.45) is 5.87. The molecule has 6 heteroatoms. The molecule has 3 fully saturated rings. The van der Waals surface area contributed by atoms with E-state index in [1.165, 1.54) is 0 Å². The van der Waals surface area contributed by atoms with Crippen LogP contribution in [0.3, 0.4) is 0 Å². The second-order valence-electron chi connectivity index (χ2n) is 8.14. The van der Waals surface area contributed by atoms with Crippen LogP contribution in [0.4, 0.5) is 10.5 Å². The molecule has 1 aliphatic carbocycles. The SMILES string of the molecule is Cc1cccc(Cl)c1NC(=O)N1CCC[C@@]2(CCC(=O)N(C3CC3)C2)C1. The van der Waals surface area contributed by atoms with E-state index in [4.69, 9.17) is 11.6 Å². The number of hydrogen-bond donors (Lipinski definition) is 1. The molecule has 0 bridgehead atoms. The molecular formula is C20H26ClN3O2. The molecule has 3 amide bonds. The third-order valence-corrected chi connectivity index (χ3v) is 6.40. The normalized spacial score (nSPS) is 26.3. The van der Waals surface area contributed by atoms with Gasteiger partial charge in [-0.05, 0) is 50.7 Å². The fraction of sp³-hybridized carbons (Fsp3) is 0.600. The van der Waals surface area contributed by atoms with Gasteiger partial charge in [-0.3, -0.25) is 4.79 Å². The van der Waals surface area contributed by atoms with Crippen LogP contribution in [0, 0.1) is 12.3 Å². The molecule has 140 valence electrons. The number of para-hydroxylation sites is 1. The number of halogens is 1. The summed E-state index contributed by atoms with van der Waals surface area (Å²) in [4.78, 5) is 29.1. The van der Waals surface area contributed by atoms with E-state index in [9.17, 15) is 9.59 Å². The maximum absolute atomic E-state index is 12.9. The maximum Gasteiger partial charge on any atom is 0.321 e. The molecule has 1 saturated carbocycles. The van der Waals surface area contributed by atoms with Crippen LogP contribution in [0.2, 0.25) is 5.02 Å². The van der Waals surface area contributed by atoms with E-state index in [0.717, 1.165) is 57.3 Å². The number of carbonyl (C=O) groups excluding carboxylic acids is 2. The Hall–Kier alpha value is -1.75. The quantitative estimate of drug-likeness (QED) is 0.847. The van der Waals surface area contributed by atoms with E-state index in [0.29, 0.717) is 29.1 Å². The number of amides is 3. The van der Waals surface area contributed by atoms with Crippen LogP contribution in [0.15, 0.2) is 18.2 Å². The highest BCUT2D eigenvalue weighted by Crippen LogP contribution is 2.42. The number of benzene rings is 1. The number of nitrogens with zero attached hydrogens (tertiary/aromatic N) is 2. The average molecular weight is 376 g/mol. The Morgan fingerprint density at radius 2 is 2.08 bits per heavy atom. The molecular weight excluding hydrogens is 350 g/mol. The van der Waals surface area contributed by atoms with E-state index in [-0.39, 0.29) is 11.4 Å². The van der Waals surface area contributed by atoms with Crippen molar-refractivity contribution in [1.82, 2.24) is 9.80 Å². The first-order valence-electron chi connectivity index (χ1n) is 9.58. The van der Waals surface area contributed by atoms with Gasteiger partial charge >= 0.3 is 6.03 Å². The number of aryl methyl sites for hydroxylation is 1. The van der Waals surface area contributed by atoms with Crippen LogP contribution in [0.5, 0.6) is 0 Å². The molecule has 1 aromatic carbocycles. The number of piperidine rings is 2. The Morgan fingerprint density at radius 1 is 1.27 bits per heavy atom. The van der Waals surface area contributed by atoms with E-state index in [2.05, 4.69) is 10.2 Å². The smallest absolute Gasteiger partial charge is 0.321 e. The minimum absolute atomic E-state index is 0.0572. The number of carbonyl (C=O) groups is 2. The second kappa shape index (κ2) is 6.76. The van der Waals surface area contributed by atoms with Crippen LogP contribution >= 0.6 is 11.6 Å².